The fraction of sp³-hybridized carbons (Fsp3) is 0.133. The van der Waals surface area contributed by atoms with Crippen LogP contribution in [0.1, 0.15) is 11.3 Å². The normalized spacial score (nSPS) is 12.4. The van der Waals surface area contributed by atoms with Gasteiger partial charge >= 0.3 is 12.4 Å². The molecule has 2 aromatic heterocycles. The standard InChI is InChI=1S/C15H7F6IN4/c16-14(17,18)8-3-1-2-7(4-8)9-5-10(15(19,20)21)25-13(24-9)12-23-6-11(22)26-12/h1-6H,(H,23,26). The van der Waals surface area contributed by atoms with Crippen molar-refractivity contribution in [3.63, 3.8) is 0 Å². The van der Waals surface area contributed by atoms with Gasteiger partial charge in [0.1, 0.15) is 5.69 Å². The zero-order valence-corrected chi connectivity index (χ0v) is 14.6. The molecule has 0 saturated carbocycles. The molecule has 1 N–H and O–H groups in total. The van der Waals surface area contributed by atoms with Crippen LogP contribution in [0.5, 0.6) is 0 Å². The zero-order chi connectivity index (χ0) is 19.1. The lowest BCUT2D eigenvalue weighted by Gasteiger charge is -2.11. The van der Waals surface area contributed by atoms with E-state index in [1.165, 1.54) is 12.3 Å². The topological polar surface area (TPSA) is 54.5 Å². The Bertz CT molecular complexity index is 948. The van der Waals surface area contributed by atoms with Crippen LogP contribution < -0.4 is 0 Å². The summed E-state index contributed by atoms with van der Waals surface area (Å²) in [7, 11) is 0. The van der Waals surface area contributed by atoms with Gasteiger partial charge in [-0.15, -0.1) is 0 Å². The van der Waals surface area contributed by atoms with Crippen LogP contribution in [0, 0.1) is 3.70 Å². The molecule has 0 atom stereocenters. The lowest BCUT2D eigenvalue weighted by atomic mass is 10.1. The summed E-state index contributed by atoms with van der Waals surface area (Å²) < 4.78 is 78.6. The largest absolute Gasteiger partial charge is 0.433 e. The van der Waals surface area contributed by atoms with Crippen molar-refractivity contribution < 1.29 is 26.3 Å². The average molecular weight is 484 g/mol. The molecular formula is C15H7F6IN4. The van der Waals surface area contributed by atoms with Crippen molar-refractivity contribution in [3.05, 3.63) is 51.5 Å². The minimum atomic E-state index is -4.80. The molecule has 4 nitrogen and oxygen atoms in total. The summed E-state index contributed by atoms with van der Waals surface area (Å²) in [5.41, 5.74) is -2.67. The lowest BCUT2D eigenvalue weighted by Crippen LogP contribution is -2.11. The Hall–Kier alpha value is -2.18. The summed E-state index contributed by atoms with van der Waals surface area (Å²) >= 11 is 1.86. The molecule has 2 heterocycles. The molecule has 136 valence electrons. The monoisotopic (exact) mass is 484 g/mol. The summed E-state index contributed by atoms with van der Waals surface area (Å²) in [6.07, 6.45) is -8.06. The number of aromatic nitrogens is 4. The number of hydrogen-bond acceptors (Lipinski definition) is 3. The van der Waals surface area contributed by atoms with E-state index in [0.29, 0.717) is 9.77 Å². The third-order valence-corrected chi connectivity index (χ3v) is 3.81. The highest BCUT2D eigenvalue weighted by Gasteiger charge is 2.35. The summed E-state index contributed by atoms with van der Waals surface area (Å²) in [5.74, 6) is -0.385. The third-order valence-electron chi connectivity index (χ3n) is 3.26. The predicted octanol–water partition coefficient (Wildman–Crippen LogP) is 5.18. The molecule has 0 fully saturated rings. The number of H-pyrrole nitrogens is 1. The molecule has 0 spiro atoms. The third kappa shape index (κ3) is 3.97. The molecule has 0 aliphatic carbocycles. The first-order valence-corrected chi connectivity index (χ1v) is 7.97. The highest BCUT2D eigenvalue weighted by molar-refractivity contribution is 14.1. The first-order chi connectivity index (χ1) is 12.0. The molecule has 0 radical (unpaired) electrons. The van der Waals surface area contributed by atoms with E-state index in [1.54, 1.807) is 0 Å². The van der Waals surface area contributed by atoms with Gasteiger partial charge < -0.3 is 4.98 Å². The van der Waals surface area contributed by atoms with E-state index >= 15 is 0 Å². The second-order valence-corrected chi connectivity index (χ2v) is 6.28. The van der Waals surface area contributed by atoms with Gasteiger partial charge in [-0.1, -0.05) is 12.1 Å². The Kier molecular flexibility index (Phi) is 4.67. The number of aromatic amines is 1. The van der Waals surface area contributed by atoms with E-state index in [-0.39, 0.29) is 22.9 Å². The van der Waals surface area contributed by atoms with Crippen LogP contribution in [0.4, 0.5) is 26.3 Å². The fourth-order valence-electron chi connectivity index (χ4n) is 2.11. The zero-order valence-electron chi connectivity index (χ0n) is 12.5. The lowest BCUT2D eigenvalue weighted by molar-refractivity contribution is -0.141. The summed E-state index contributed by atoms with van der Waals surface area (Å²) in [4.78, 5) is 13.9. The van der Waals surface area contributed by atoms with Crippen molar-refractivity contribution in [1.82, 2.24) is 19.9 Å². The fourth-order valence-corrected chi connectivity index (χ4v) is 2.51. The van der Waals surface area contributed by atoms with Crippen molar-refractivity contribution in [1.29, 1.82) is 0 Å². The average Bonchev–Trinajstić information content (AvgIpc) is 2.99. The van der Waals surface area contributed by atoms with E-state index in [1.807, 2.05) is 22.6 Å². The number of nitrogens with zero attached hydrogens (tertiary/aromatic N) is 3. The Morgan fingerprint density at radius 1 is 0.923 bits per heavy atom. The van der Waals surface area contributed by atoms with Crippen LogP contribution in [0.3, 0.4) is 0 Å². The Labute approximate surface area is 155 Å². The van der Waals surface area contributed by atoms with Crippen molar-refractivity contribution in [2.75, 3.05) is 0 Å². The van der Waals surface area contributed by atoms with Crippen LogP contribution in [0.2, 0.25) is 0 Å². The van der Waals surface area contributed by atoms with Crippen molar-refractivity contribution in [2.45, 2.75) is 12.4 Å². The van der Waals surface area contributed by atoms with Crippen LogP contribution in [0.25, 0.3) is 22.9 Å². The maximum Gasteiger partial charge on any atom is 0.433 e. The number of halogens is 7. The van der Waals surface area contributed by atoms with Crippen LogP contribution in [-0.2, 0) is 12.4 Å². The minimum Gasteiger partial charge on any atom is -0.331 e. The summed E-state index contributed by atoms with van der Waals surface area (Å²) in [5, 5.41) is 0. The van der Waals surface area contributed by atoms with E-state index in [2.05, 4.69) is 19.9 Å². The summed E-state index contributed by atoms with van der Waals surface area (Å²) in [6, 6.07) is 4.51. The van der Waals surface area contributed by atoms with Crippen molar-refractivity contribution in [3.8, 4) is 22.9 Å². The maximum atomic E-state index is 13.2. The molecule has 0 bridgehead atoms. The number of hydrogen-bond donors (Lipinski definition) is 1. The van der Waals surface area contributed by atoms with E-state index in [9.17, 15) is 26.3 Å². The minimum absolute atomic E-state index is 0.0197. The van der Waals surface area contributed by atoms with Gasteiger partial charge in [-0.05, 0) is 40.8 Å². The molecule has 11 heteroatoms. The Morgan fingerprint density at radius 2 is 1.65 bits per heavy atom. The Morgan fingerprint density at radius 3 is 2.23 bits per heavy atom. The van der Waals surface area contributed by atoms with Gasteiger partial charge in [0.05, 0.1) is 21.2 Å². The molecule has 3 aromatic rings. The van der Waals surface area contributed by atoms with Gasteiger partial charge in [0.25, 0.3) is 0 Å². The smallest absolute Gasteiger partial charge is 0.331 e. The van der Waals surface area contributed by atoms with Gasteiger partial charge in [-0.25, -0.2) is 15.0 Å². The number of rotatable bonds is 2. The van der Waals surface area contributed by atoms with E-state index < -0.39 is 23.6 Å². The van der Waals surface area contributed by atoms with Crippen molar-refractivity contribution >= 4 is 22.6 Å². The molecule has 0 aliphatic heterocycles. The van der Waals surface area contributed by atoms with Gasteiger partial charge in [0.2, 0.25) is 0 Å². The molecule has 0 saturated heterocycles. The van der Waals surface area contributed by atoms with Gasteiger partial charge in [-0.3, -0.25) is 0 Å². The molecule has 3 rings (SSSR count). The Balaban J connectivity index is 2.18. The van der Waals surface area contributed by atoms with Crippen LogP contribution >= 0.6 is 22.6 Å². The molecular weight excluding hydrogens is 477 g/mol. The number of benzene rings is 1. The van der Waals surface area contributed by atoms with Crippen LogP contribution in [-0.4, -0.2) is 19.9 Å². The number of alkyl halides is 6. The number of nitrogens with one attached hydrogen (secondary N) is 1. The SMILES string of the molecule is FC(F)(F)c1cccc(-c2cc(C(F)(F)F)nc(-c3ncc(I)[nH]3)n2)c1. The quantitative estimate of drug-likeness (QED) is 0.403. The van der Waals surface area contributed by atoms with Crippen LogP contribution in [0.15, 0.2) is 36.5 Å². The highest BCUT2D eigenvalue weighted by atomic mass is 127. The second-order valence-electron chi connectivity index (χ2n) is 5.12. The molecule has 0 amide bonds. The number of imidazole rings is 1. The second kappa shape index (κ2) is 6.52. The summed E-state index contributed by atoms with van der Waals surface area (Å²) in [6.45, 7) is 0. The molecule has 26 heavy (non-hydrogen) atoms. The molecule has 0 aliphatic rings. The maximum absolute atomic E-state index is 13.2. The van der Waals surface area contributed by atoms with Gasteiger partial charge in [0.15, 0.2) is 11.6 Å². The molecule has 1 aromatic carbocycles. The van der Waals surface area contributed by atoms with E-state index in [4.69, 9.17) is 0 Å². The first kappa shape index (κ1) is 18.6. The van der Waals surface area contributed by atoms with Gasteiger partial charge in [-0.2, -0.15) is 26.3 Å². The first-order valence-electron chi connectivity index (χ1n) is 6.89. The predicted molar refractivity (Wildman–Crippen MR) is 87.8 cm³/mol. The van der Waals surface area contributed by atoms with Gasteiger partial charge in [0, 0.05) is 5.56 Å². The van der Waals surface area contributed by atoms with E-state index in [0.717, 1.165) is 18.2 Å². The molecule has 0 unspecified atom stereocenters. The van der Waals surface area contributed by atoms with Crippen molar-refractivity contribution in [2.24, 2.45) is 0 Å². The highest BCUT2D eigenvalue weighted by Crippen LogP contribution is 2.34.